The molecule has 25 heavy (non-hydrogen) atoms. The van der Waals surface area contributed by atoms with Crippen LogP contribution in [0.1, 0.15) is 45.4 Å². The van der Waals surface area contributed by atoms with Gasteiger partial charge in [0, 0.05) is 13.1 Å². The van der Waals surface area contributed by atoms with Gasteiger partial charge in [0.1, 0.15) is 0 Å². The van der Waals surface area contributed by atoms with Gasteiger partial charge in [-0.25, -0.2) is 0 Å². The zero-order chi connectivity index (χ0) is 18.4. The number of hydrogen-bond donors (Lipinski definition) is 1. The molecule has 0 unspecified atom stereocenters. The topological polar surface area (TPSA) is 59.8 Å². The fraction of sp³-hybridized carbons (Fsp3) is 0.812. The molecular formula is C16H23F3N4OS. The Kier molecular flexibility index (Phi) is 5.05. The van der Waals surface area contributed by atoms with Crippen LogP contribution >= 0.6 is 11.8 Å². The first-order chi connectivity index (χ1) is 11.7. The number of aromatic nitrogens is 3. The molecule has 1 aromatic heterocycles. The van der Waals surface area contributed by atoms with Crippen molar-refractivity contribution < 1.29 is 18.0 Å². The van der Waals surface area contributed by atoms with Gasteiger partial charge in [-0.1, -0.05) is 18.2 Å². The predicted molar refractivity (Wildman–Crippen MR) is 87.9 cm³/mol. The van der Waals surface area contributed by atoms with E-state index < -0.39 is 17.3 Å². The third-order valence-corrected chi connectivity index (χ3v) is 6.68. The van der Waals surface area contributed by atoms with Crippen LogP contribution in [0.4, 0.5) is 13.2 Å². The van der Waals surface area contributed by atoms with Crippen molar-refractivity contribution in [3.63, 3.8) is 0 Å². The van der Waals surface area contributed by atoms with Gasteiger partial charge in [-0.3, -0.25) is 4.79 Å². The van der Waals surface area contributed by atoms with E-state index in [-0.39, 0.29) is 17.1 Å². The Bertz CT molecular complexity index is 648. The number of carbonyl (C=O) groups is 1. The largest absolute Gasteiger partial charge is 0.451 e. The van der Waals surface area contributed by atoms with E-state index in [1.807, 2.05) is 6.92 Å². The number of rotatable bonds is 5. The van der Waals surface area contributed by atoms with Gasteiger partial charge >= 0.3 is 6.18 Å². The van der Waals surface area contributed by atoms with Gasteiger partial charge < -0.3 is 9.88 Å². The molecule has 9 heteroatoms. The van der Waals surface area contributed by atoms with Crippen LogP contribution in [0.25, 0.3) is 0 Å². The van der Waals surface area contributed by atoms with Crippen LogP contribution in [0.15, 0.2) is 5.16 Å². The summed E-state index contributed by atoms with van der Waals surface area (Å²) < 4.78 is 39.2. The minimum atomic E-state index is -4.55. The Morgan fingerprint density at radius 2 is 2.00 bits per heavy atom. The summed E-state index contributed by atoms with van der Waals surface area (Å²) >= 11 is 0.992. The summed E-state index contributed by atoms with van der Waals surface area (Å²) in [4.78, 5) is 12.4. The first-order valence-corrected chi connectivity index (χ1v) is 9.48. The third-order valence-electron chi connectivity index (χ3n) is 5.54. The van der Waals surface area contributed by atoms with Crippen molar-refractivity contribution in [3.8, 4) is 0 Å². The van der Waals surface area contributed by atoms with Crippen LogP contribution in [0.5, 0.6) is 0 Å². The van der Waals surface area contributed by atoms with Gasteiger partial charge in [0.05, 0.1) is 5.25 Å². The standard InChI is InChI=1S/C16H23F3N4OS/c1-8(12-7-10-4-5-11(12)6-10)20-13(24)9(2)25-15-22-21-14(23(15)3)16(17,18)19/h8-12H,4-7H2,1-3H3,(H,20,24)/t8-,9+,10+,11+,12-/m1/s1. The maximum atomic E-state index is 12.8. The highest BCUT2D eigenvalue weighted by molar-refractivity contribution is 8.00. The van der Waals surface area contributed by atoms with Crippen LogP contribution in [0.2, 0.25) is 0 Å². The molecule has 1 N–H and O–H groups in total. The molecule has 3 rings (SSSR count). The Morgan fingerprint density at radius 3 is 2.52 bits per heavy atom. The van der Waals surface area contributed by atoms with Crippen molar-refractivity contribution in [2.24, 2.45) is 24.8 Å². The Morgan fingerprint density at radius 1 is 1.28 bits per heavy atom. The molecule has 0 aromatic carbocycles. The summed E-state index contributed by atoms with van der Waals surface area (Å²) in [6.45, 7) is 3.71. The normalized spacial score (nSPS) is 28.2. The zero-order valence-corrected chi connectivity index (χ0v) is 15.3. The van der Waals surface area contributed by atoms with Gasteiger partial charge in [0.2, 0.25) is 11.7 Å². The van der Waals surface area contributed by atoms with Gasteiger partial charge in [0.25, 0.3) is 0 Å². The first kappa shape index (κ1) is 18.5. The van der Waals surface area contributed by atoms with Crippen molar-refractivity contribution in [2.75, 3.05) is 0 Å². The lowest BCUT2D eigenvalue weighted by atomic mass is 9.84. The van der Waals surface area contributed by atoms with Crippen molar-refractivity contribution >= 4 is 17.7 Å². The van der Waals surface area contributed by atoms with Crippen molar-refractivity contribution in [3.05, 3.63) is 5.82 Å². The minimum Gasteiger partial charge on any atom is -0.352 e. The number of halogens is 3. The molecule has 140 valence electrons. The molecule has 2 saturated carbocycles. The monoisotopic (exact) mass is 376 g/mol. The molecule has 1 aromatic rings. The molecular weight excluding hydrogens is 353 g/mol. The summed E-state index contributed by atoms with van der Waals surface area (Å²) in [5.41, 5.74) is 0. The zero-order valence-electron chi connectivity index (χ0n) is 14.5. The summed E-state index contributed by atoms with van der Waals surface area (Å²) in [5.74, 6) is 0.804. The molecule has 0 radical (unpaired) electrons. The van der Waals surface area contributed by atoms with Crippen molar-refractivity contribution in [1.82, 2.24) is 20.1 Å². The van der Waals surface area contributed by atoms with E-state index in [9.17, 15) is 18.0 Å². The second-order valence-electron chi connectivity index (χ2n) is 7.26. The fourth-order valence-electron chi connectivity index (χ4n) is 4.23. The smallest absolute Gasteiger partial charge is 0.352 e. The van der Waals surface area contributed by atoms with Crippen LogP contribution in [-0.2, 0) is 18.0 Å². The van der Waals surface area contributed by atoms with Gasteiger partial charge in [0.15, 0.2) is 5.16 Å². The lowest BCUT2D eigenvalue weighted by Crippen LogP contribution is -2.43. The van der Waals surface area contributed by atoms with Gasteiger partial charge in [-0.2, -0.15) is 13.2 Å². The molecule has 0 aliphatic heterocycles. The highest BCUT2D eigenvalue weighted by Gasteiger charge is 2.42. The maximum Gasteiger partial charge on any atom is 0.451 e. The Labute approximate surface area is 149 Å². The highest BCUT2D eigenvalue weighted by Crippen LogP contribution is 2.49. The molecule has 0 spiro atoms. The molecule has 1 heterocycles. The second kappa shape index (κ2) is 6.81. The quantitative estimate of drug-likeness (QED) is 0.802. The summed E-state index contributed by atoms with van der Waals surface area (Å²) in [6, 6.07) is 0.0936. The van der Waals surface area contributed by atoms with Crippen molar-refractivity contribution in [2.45, 2.75) is 62.2 Å². The number of amides is 1. The number of hydrogen-bond acceptors (Lipinski definition) is 4. The summed E-state index contributed by atoms with van der Waals surface area (Å²) in [7, 11) is 1.26. The minimum absolute atomic E-state index is 0.0857. The number of alkyl halides is 3. The molecule has 2 fully saturated rings. The Balaban J connectivity index is 1.57. The highest BCUT2D eigenvalue weighted by atomic mass is 32.2. The number of nitrogens with one attached hydrogen (secondary N) is 1. The predicted octanol–water partition coefficient (Wildman–Crippen LogP) is 3.26. The lowest BCUT2D eigenvalue weighted by Gasteiger charge is -2.29. The number of carbonyl (C=O) groups excluding carboxylic acids is 1. The van der Waals surface area contributed by atoms with Crippen LogP contribution in [0, 0.1) is 17.8 Å². The fourth-order valence-corrected chi connectivity index (χ4v) is 5.05. The summed E-state index contributed by atoms with van der Waals surface area (Å²) in [5, 5.41) is 9.35. The molecule has 2 aliphatic rings. The molecule has 5 nitrogen and oxygen atoms in total. The average molecular weight is 376 g/mol. The molecule has 0 saturated heterocycles. The lowest BCUT2D eigenvalue weighted by molar-refractivity contribution is -0.147. The van der Waals surface area contributed by atoms with Crippen LogP contribution < -0.4 is 5.32 Å². The summed E-state index contributed by atoms with van der Waals surface area (Å²) in [6.07, 6.45) is 0.448. The van der Waals surface area contributed by atoms with E-state index in [2.05, 4.69) is 15.5 Å². The molecule has 5 atom stereocenters. The van der Waals surface area contributed by atoms with Gasteiger partial charge in [-0.15, -0.1) is 10.2 Å². The van der Waals surface area contributed by atoms with E-state index in [0.29, 0.717) is 11.8 Å². The first-order valence-electron chi connectivity index (χ1n) is 8.60. The number of fused-ring (bicyclic) bond motifs is 2. The van der Waals surface area contributed by atoms with E-state index in [1.54, 1.807) is 6.92 Å². The van der Waals surface area contributed by atoms with Crippen molar-refractivity contribution in [1.29, 1.82) is 0 Å². The average Bonchev–Trinajstić information content (AvgIpc) is 3.22. The molecule has 2 bridgehead atoms. The SMILES string of the molecule is C[C@H](Sc1nnc(C(F)(F)F)n1C)C(=O)N[C@H](C)[C@H]1C[C@H]2CC[C@H]1C2. The van der Waals surface area contributed by atoms with E-state index in [0.717, 1.165) is 22.2 Å². The van der Waals surface area contributed by atoms with Crippen LogP contribution in [-0.4, -0.2) is 32.0 Å². The van der Waals surface area contributed by atoms with E-state index >= 15 is 0 Å². The molecule has 1 amide bonds. The van der Waals surface area contributed by atoms with E-state index in [4.69, 9.17) is 0 Å². The Hall–Kier alpha value is -1.25. The van der Waals surface area contributed by atoms with Crippen LogP contribution in [0.3, 0.4) is 0 Å². The maximum absolute atomic E-state index is 12.8. The molecule has 2 aliphatic carbocycles. The third kappa shape index (κ3) is 3.80. The number of nitrogens with zero attached hydrogens (tertiary/aromatic N) is 3. The van der Waals surface area contributed by atoms with Gasteiger partial charge in [-0.05, 0) is 50.9 Å². The van der Waals surface area contributed by atoms with E-state index in [1.165, 1.54) is 32.7 Å². The number of thioether (sulfide) groups is 1. The second-order valence-corrected chi connectivity index (χ2v) is 8.57.